The minimum atomic E-state index is -0.115. The van der Waals surface area contributed by atoms with E-state index in [9.17, 15) is 9.90 Å². The SMILES string of the molecule is COCCn1ccc2c(C(=O)NCC3CC34CCC(O)CC4)cccc21. The minimum absolute atomic E-state index is 0.0120. The fraction of sp³-hybridized carbons (Fsp3) is 0.571. The molecule has 1 heterocycles. The number of aromatic nitrogens is 1. The first-order valence-electron chi connectivity index (χ1n) is 9.66. The number of carbonyl (C=O) groups is 1. The quantitative estimate of drug-likeness (QED) is 0.836. The van der Waals surface area contributed by atoms with Gasteiger partial charge in [0.1, 0.15) is 0 Å². The van der Waals surface area contributed by atoms with Gasteiger partial charge in [0.15, 0.2) is 0 Å². The van der Waals surface area contributed by atoms with E-state index < -0.39 is 0 Å². The monoisotopic (exact) mass is 356 g/mol. The number of nitrogens with one attached hydrogen (secondary N) is 1. The Labute approximate surface area is 154 Å². The molecular formula is C21H28N2O3. The van der Waals surface area contributed by atoms with Crippen molar-refractivity contribution in [3.8, 4) is 0 Å². The average Bonchev–Trinajstić information content (AvgIpc) is 3.16. The van der Waals surface area contributed by atoms with Crippen molar-refractivity contribution in [2.75, 3.05) is 20.3 Å². The first-order chi connectivity index (χ1) is 12.6. The second-order valence-corrected chi connectivity index (χ2v) is 7.94. The van der Waals surface area contributed by atoms with Gasteiger partial charge >= 0.3 is 0 Å². The highest BCUT2D eigenvalue weighted by molar-refractivity contribution is 6.06. The molecule has 2 fully saturated rings. The van der Waals surface area contributed by atoms with Gasteiger partial charge < -0.3 is 19.7 Å². The van der Waals surface area contributed by atoms with Crippen LogP contribution in [-0.2, 0) is 11.3 Å². The highest BCUT2D eigenvalue weighted by atomic mass is 16.5. The van der Waals surface area contributed by atoms with Crippen molar-refractivity contribution < 1.29 is 14.6 Å². The smallest absolute Gasteiger partial charge is 0.251 e. The molecule has 2 saturated carbocycles. The third-order valence-electron chi connectivity index (χ3n) is 6.41. The normalized spacial score (nSPS) is 27.8. The average molecular weight is 356 g/mol. The lowest BCUT2D eigenvalue weighted by atomic mass is 9.83. The van der Waals surface area contributed by atoms with Gasteiger partial charge in [-0.15, -0.1) is 0 Å². The van der Waals surface area contributed by atoms with E-state index in [1.54, 1.807) is 7.11 Å². The van der Waals surface area contributed by atoms with Crippen molar-refractivity contribution in [3.63, 3.8) is 0 Å². The van der Waals surface area contributed by atoms with E-state index in [0.29, 0.717) is 17.9 Å². The van der Waals surface area contributed by atoms with E-state index in [-0.39, 0.29) is 12.0 Å². The number of hydrogen-bond donors (Lipinski definition) is 2. The summed E-state index contributed by atoms with van der Waals surface area (Å²) in [6, 6.07) is 7.91. The lowest BCUT2D eigenvalue weighted by Crippen LogP contribution is -2.28. The van der Waals surface area contributed by atoms with Crippen LogP contribution in [0, 0.1) is 11.3 Å². The number of rotatable bonds is 6. The van der Waals surface area contributed by atoms with Gasteiger partial charge in [0.2, 0.25) is 0 Å². The number of hydrogen-bond acceptors (Lipinski definition) is 3. The predicted molar refractivity (Wildman–Crippen MR) is 101 cm³/mol. The van der Waals surface area contributed by atoms with Crippen LogP contribution < -0.4 is 5.32 Å². The highest BCUT2D eigenvalue weighted by Crippen LogP contribution is 2.61. The molecule has 26 heavy (non-hydrogen) atoms. The molecule has 1 aromatic carbocycles. The summed E-state index contributed by atoms with van der Waals surface area (Å²) in [6.07, 6.45) is 7.13. The summed E-state index contributed by atoms with van der Waals surface area (Å²) < 4.78 is 7.28. The van der Waals surface area contributed by atoms with E-state index in [1.807, 2.05) is 30.5 Å². The standard InChI is InChI=1S/C21H28N2O3/c1-26-12-11-23-10-7-17-18(3-2-4-19(17)23)20(25)22-14-15-13-21(15)8-5-16(24)6-9-21/h2-4,7,10,15-16,24H,5-6,8-9,11-14H2,1H3,(H,22,25). The summed E-state index contributed by atoms with van der Waals surface area (Å²) in [5, 5.41) is 13.8. The zero-order chi connectivity index (χ0) is 18.1. The number of carbonyl (C=O) groups excluding carboxylic acids is 1. The summed E-state index contributed by atoms with van der Waals surface area (Å²) in [7, 11) is 1.70. The van der Waals surface area contributed by atoms with Gasteiger partial charge in [0.05, 0.1) is 12.7 Å². The van der Waals surface area contributed by atoms with Crippen molar-refractivity contribution in [2.24, 2.45) is 11.3 Å². The molecule has 0 radical (unpaired) electrons. The molecule has 0 saturated heterocycles. The molecule has 5 nitrogen and oxygen atoms in total. The number of amides is 1. The van der Waals surface area contributed by atoms with Gasteiger partial charge in [0.25, 0.3) is 5.91 Å². The van der Waals surface area contributed by atoms with Gasteiger partial charge in [-0.1, -0.05) is 6.07 Å². The summed E-state index contributed by atoms with van der Waals surface area (Å²) >= 11 is 0. The van der Waals surface area contributed by atoms with E-state index in [2.05, 4.69) is 9.88 Å². The van der Waals surface area contributed by atoms with Gasteiger partial charge in [0, 0.05) is 42.9 Å². The minimum Gasteiger partial charge on any atom is -0.393 e. The number of nitrogens with zero attached hydrogens (tertiary/aromatic N) is 1. The second kappa shape index (κ2) is 7.05. The van der Waals surface area contributed by atoms with Crippen molar-refractivity contribution in [2.45, 2.75) is 44.8 Å². The Morgan fingerprint density at radius 1 is 1.35 bits per heavy atom. The third-order valence-corrected chi connectivity index (χ3v) is 6.41. The van der Waals surface area contributed by atoms with Crippen LogP contribution in [0.25, 0.3) is 10.9 Å². The molecule has 1 spiro atoms. The van der Waals surface area contributed by atoms with Crippen LogP contribution in [0.5, 0.6) is 0 Å². The summed E-state index contributed by atoms with van der Waals surface area (Å²) in [4.78, 5) is 12.8. The zero-order valence-corrected chi connectivity index (χ0v) is 15.4. The predicted octanol–water partition coefficient (Wildman–Crippen LogP) is 2.96. The molecule has 2 aliphatic carbocycles. The van der Waals surface area contributed by atoms with E-state index >= 15 is 0 Å². The number of aliphatic hydroxyl groups excluding tert-OH is 1. The Hall–Kier alpha value is -1.85. The maximum Gasteiger partial charge on any atom is 0.251 e. The maximum absolute atomic E-state index is 12.8. The lowest BCUT2D eigenvalue weighted by molar-refractivity contribution is 0.0915. The van der Waals surface area contributed by atoms with Crippen LogP contribution >= 0.6 is 0 Å². The molecule has 4 rings (SSSR count). The van der Waals surface area contributed by atoms with Gasteiger partial charge in [-0.05, 0) is 61.6 Å². The molecule has 0 aliphatic heterocycles. The van der Waals surface area contributed by atoms with Gasteiger partial charge in [-0.2, -0.15) is 0 Å². The molecule has 5 heteroatoms. The molecule has 0 bridgehead atoms. The molecule has 1 unspecified atom stereocenters. The van der Waals surface area contributed by atoms with Crippen LogP contribution in [0.2, 0.25) is 0 Å². The zero-order valence-electron chi connectivity index (χ0n) is 15.4. The summed E-state index contributed by atoms with van der Waals surface area (Å²) in [5.41, 5.74) is 2.20. The van der Waals surface area contributed by atoms with Crippen molar-refractivity contribution in [3.05, 3.63) is 36.0 Å². The number of fused-ring (bicyclic) bond motifs is 1. The summed E-state index contributed by atoms with van der Waals surface area (Å²) in [5.74, 6) is 0.586. The van der Waals surface area contributed by atoms with Crippen LogP contribution in [0.1, 0.15) is 42.5 Å². The van der Waals surface area contributed by atoms with Crippen LogP contribution in [0.15, 0.2) is 30.5 Å². The molecule has 140 valence electrons. The Morgan fingerprint density at radius 3 is 2.92 bits per heavy atom. The van der Waals surface area contributed by atoms with Crippen molar-refractivity contribution in [1.29, 1.82) is 0 Å². The summed E-state index contributed by atoms with van der Waals surface area (Å²) in [6.45, 7) is 2.18. The molecule has 1 aromatic heterocycles. The Morgan fingerprint density at radius 2 is 2.15 bits per heavy atom. The van der Waals surface area contributed by atoms with Crippen LogP contribution in [0.4, 0.5) is 0 Å². The number of methoxy groups -OCH3 is 1. The number of benzene rings is 1. The largest absolute Gasteiger partial charge is 0.393 e. The van der Waals surface area contributed by atoms with Crippen molar-refractivity contribution in [1.82, 2.24) is 9.88 Å². The van der Waals surface area contributed by atoms with E-state index in [0.717, 1.165) is 55.2 Å². The second-order valence-electron chi connectivity index (χ2n) is 7.94. The maximum atomic E-state index is 12.8. The molecule has 1 atom stereocenters. The number of aliphatic hydroxyl groups is 1. The van der Waals surface area contributed by atoms with E-state index in [1.165, 1.54) is 6.42 Å². The first kappa shape index (κ1) is 17.6. The van der Waals surface area contributed by atoms with Crippen LogP contribution in [0.3, 0.4) is 0 Å². The lowest BCUT2D eigenvalue weighted by Gasteiger charge is -2.26. The van der Waals surface area contributed by atoms with Crippen LogP contribution in [-0.4, -0.2) is 41.9 Å². The molecule has 1 amide bonds. The molecule has 2 N–H and O–H groups in total. The first-order valence-corrected chi connectivity index (χ1v) is 9.66. The molecule has 2 aliphatic rings. The Bertz CT molecular complexity index is 790. The number of ether oxygens (including phenoxy) is 1. The fourth-order valence-corrected chi connectivity index (χ4v) is 4.63. The van der Waals surface area contributed by atoms with Gasteiger partial charge in [-0.25, -0.2) is 0 Å². The third kappa shape index (κ3) is 3.26. The molecule has 2 aromatic rings. The van der Waals surface area contributed by atoms with Gasteiger partial charge in [-0.3, -0.25) is 4.79 Å². The molecular weight excluding hydrogens is 328 g/mol. The fourth-order valence-electron chi connectivity index (χ4n) is 4.63. The highest BCUT2D eigenvalue weighted by Gasteiger charge is 2.54. The topological polar surface area (TPSA) is 63.5 Å². The van der Waals surface area contributed by atoms with E-state index in [4.69, 9.17) is 4.74 Å². The Balaban J connectivity index is 1.40. The van der Waals surface area contributed by atoms with Crippen molar-refractivity contribution >= 4 is 16.8 Å². The Kier molecular flexibility index (Phi) is 4.76.